The monoisotopic (exact) mass is 376 g/mol. The number of carbonyl (C=O) groups excluding carboxylic acids is 2. The van der Waals surface area contributed by atoms with Gasteiger partial charge in [-0.05, 0) is 50.1 Å². The Morgan fingerprint density at radius 2 is 1.88 bits per heavy atom. The van der Waals surface area contributed by atoms with E-state index in [2.05, 4.69) is 17.6 Å². The van der Waals surface area contributed by atoms with Gasteiger partial charge in [-0.1, -0.05) is 32.4 Å². The quantitative estimate of drug-likeness (QED) is 0.516. The fourth-order valence-corrected chi connectivity index (χ4v) is 3.58. The van der Waals surface area contributed by atoms with Crippen molar-refractivity contribution in [2.75, 3.05) is 5.75 Å². The summed E-state index contributed by atoms with van der Waals surface area (Å²) >= 11 is 1.80. The molecule has 0 radical (unpaired) electrons. The maximum Gasteiger partial charge on any atom is 0.338 e. The fraction of sp³-hybridized carbons (Fsp3) is 0.500. The first-order valence-electron chi connectivity index (χ1n) is 9.20. The minimum Gasteiger partial charge on any atom is -0.459 e. The van der Waals surface area contributed by atoms with Crippen LogP contribution in [0, 0.1) is 0 Å². The summed E-state index contributed by atoms with van der Waals surface area (Å²) in [6.45, 7) is 7.81. The van der Waals surface area contributed by atoms with Gasteiger partial charge >= 0.3 is 12.0 Å². The van der Waals surface area contributed by atoms with Crippen molar-refractivity contribution < 1.29 is 14.3 Å². The molecule has 2 N–H and O–H groups in total. The summed E-state index contributed by atoms with van der Waals surface area (Å²) in [7, 11) is 0. The predicted molar refractivity (Wildman–Crippen MR) is 105 cm³/mol. The lowest BCUT2D eigenvalue weighted by molar-refractivity contribution is -0.143. The number of urea groups is 1. The van der Waals surface area contributed by atoms with Crippen LogP contribution in [0.5, 0.6) is 0 Å². The Kier molecular flexibility index (Phi) is 7.57. The molecule has 0 saturated carbocycles. The van der Waals surface area contributed by atoms with Crippen LogP contribution in [0.2, 0.25) is 0 Å². The second-order valence-electron chi connectivity index (χ2n) is 6.55. The van der Waals surface area contributed by atoms with Crippen molar-refractivity contribution in [3.05, 3.63) is 41.1 Å². The minimum absolute atomic E-state index is 0.219. The molecule has 1 aromatic carbocycles. The molecule has 0 aliphatic carbocycles. The normalized spacial score (nSPS) is 17.1. The van der Waals surface area contributed by atoms with E-state index in [9.17, 15) is 9.59 Å². The van der Waals surface area contributed by atoms with Gasteiger partial charge < -0.3 is 15.4 Å². The van der Waals surface area contributed by atoms with Gasteiger partial charge in [0.1, 0.15) is 0 Å². The third-order valence-corrected chi connectivity index (χ3v) is 5.12. The first kappa shape index (κ1) is 20.4. The molecule has 5 nitrogen and oxygen atoms in total. The minimum atomic E-state index is -0.498. The fourth-order valence-electron chi connectivity index (χ4n) is 2.81. The Morgan fingerprint density at radius 3 is 2.46 bits per heavy atom. The number of esters is 1. The third kappa shape index (κ3) is 5.27. The maximum atomic E-state index is 12.7. The Hall–Kier alpha value is -1.95. The van der Waals surface area contributed by atoms with E-state index in [-0.39, 0.29) is 18.1 Å². The molecule has 1 atom stereocenters. The van der Waals surface area contributed by atoms with Crippen molar-refractivity contribution in [2.24, 2.45) is 0 Å². The summed E-state index contributed by atoms with van der Waals surface area (Å²) in [5.41, 5.74) is 2.02. The summed E-state index contributed by atoms with van der Waals surface area (Å²) < 4.78 is 5.44. The van der Waals surface area contributed by atoms with Crippen LogP contribution in [0.3, 0.4) is 0 Å². The number of allylic oxidation sites excluding steroid dienone is 1. The van der Waals surface area contributed by atoms with Gasteiger partial charge in [0.15, 0.2) is 0 Å². The number of amides is 2. The average molecular weight is 377 g/mol. The van der Waals surface area contributed by atoms with Gasteiger partial charge in [-0.25, -0.2) is 9.59 Å². The zero-order valence-electron chi connectivity index (χ0n) is 15.9. The van der Waals surface area contributed by atoms with Crippen LogP contribution < -0.4 is 10.6 Å². The first-order valence-corrected chi connectivity index (χ1v) is 10.2. The van der Waals surface area contributed by atoms with Crippen LogP contribution >= 0.6 is 11.8 Å². The molecule has 1 aromatic rings. The molecule has 26 heavy (non-hydrogen) atoms. The molecule has 0 spiro atoms. The van der Waals surface area contributed by atoms with Crippen LogP contribution in [0.4, 0.5) is 4.79 Å². The number of hydrogen-bond donors (Lipinski definition) is 2. The molecule has 2 rings (SSSR count). The highest BCUT2D eigenvalue weighted by atomic mass is 32.2. The van der Waals surface area contributed by atoms with Gasteiger partial charge in [0, 0.05) is 10.6 Å². The van der Waals surface area contributed by atoms with Crippen LogP contribution in [-0.4, -0.2) is 23.9 Å². The van der Waals surface area contributed by atoms with Gasteiger partial charge in [0.05, 0.1) is 17.7 Å². The maximum absolute atomic E-state index is 12.7. The lowest BCUT2D eigenvalue weighted by Gasteiger charge is -2.30. The van der Waals surface area contributed by atoms with E-state index in [1.54, 1.807) is 11.8 Å². The smallest absolute Gasteiger partial charge is 0.338 e. The number of thioether (sulfide) groups is 1. The van der Waals surface area contributed by atoms with E-state index in [4.69, 9.17) is 4.74 Å². The predicted octanol–water partition coefficient (Wildman–Crippen LogP) is 4.55. The van der Waals surface area contributed by atoms with Crippen LogP contribution in [0.1, 0.15) is 58.6 Å². The molecular weight excluding hydrogens is 348 g/mol. The molecule has 0 saturated heterocycles. The number of carbonyl (C=O) groups is 2. The lowest BCUT2D eigenvalue weighted by atomic mass is 9.94. The number of benzene rings is 1. The van der Waals surface area contributed by atoms with E-state index in [0.29, 0.717) is 17.7 Å². The van der Waals surface area contributed by atoms with E-state index in [1.807, 2.05) is 45.0 Å². The molecule has 1 aliphatic heterocycles. The Balaban J connectivity index is 2.37. The summed E-state index contributed by atoms with van der Waals surface area (Å²) in [4.78, 5) is 26.0. The van der Waals surface area contributed by atoms with E-state index in [0.717, 1.165) is 24.2 Å². The molecule has 0 aromatic heterocycles. The molecule has 142 valence electrons. The van der Waals surface area contributed by atoms with Crippen molar-refractivity contribution in [1.29, 1.82) is 0 Å². The third-order valence-electron chi connectivity index (χ3n) is 3.90. The molecule has 2 amide bonds. The molecule has 1 heterocycles. The van der Waals surface area contributed by atoms with Gasteiger partial charge in [-0.2, -0.15) is 0 Å². The van der Waals surface area contributed by atoms with Crippen molar-refractivity contribution in [3.8, 4) is 0 Å². The Labute approximate surface area is 160 Å². The largest absolute Gasteiger partial charge is 0.459 e. The van der Waals surface area contributed by atoms with Gasteiger partial charge in [0.25, 0.3) is 0 Å². The Bertz CT molecular complexity index is 668. The second-order valence-corrected chi connectivity index (χ2v) is 7.71. The van der Waals surface area contributed by atoms with Crippen molar-refractivity contribution in [3.63, 3.8) is 0 Å². The van der Waals surface area contributed by atoms with Crippen molar-refractivity contribution in [2.45, 2.75) is 64.0 Å². The molecule has 0 fully saturated rings. The van der Waals surface area contributed by atoms with E-state index >= 15 is 0 Å². The summed E-state index contributed by atoms with van der Waals surface area (Å²) in [5, 5.41) is 5.66. The van der Waals surface area contributed by atoms with Gasteiger partial charge in [0.2, 0.25) is 0 Å². The van der Waals surface area contributed by atoms with Crippen LogP contribution in [-0.2, 0) is 9.53 Å². The van der Waals surface area contributed by atoms with Crippen molar-refractivity contribution >= 4 is 23.8 Å². The Morgan fingerprint density at radius 1 is 1.19 bits per heavy atom. The highest BCUT2D eigenvalue weighted by Crippen LogP contribution is 2.31. The number of nitrogens with one attached hydrogen (secondary N) is 2. The number of hydrogen-bond acceptors (Lipinski definition) is 4. The molecule has 6 heteroatoms. The topological polar surface area (TPSA) is 67.4 Å². The standard InChI is InChI=1S/C20H28N2O3S/c1-5-7-16-17(19(23)25-13(3)4)18(22-20(24)21-16)14-8-10-15(11-9-14)26-12-6-2/h8-11,13,18H,5-7,12H2,1-4H3,(H2,21,22,24). The highest BCUT2D eigenvalue weighted by Gasteiger charge is 2.33. The zero-order valence-corrected chi connectivity index (χ0v) is 16.7. The van der Waals surface area contributed by atoms with E-state index < -0.39 is 6.04 Å². The number of ether oxygens (including phenoxy) is 1. The van der Waals surface area contributed by atoms with Crippen molar-refractivity contribution in [1.82, 2.24) is 10.6 Å². The summed E-state index contributed by atoms with van der Waals surface area (Å²) in [6, 6.07) is 7.23. The van der Waals surface area contributed by atoms with Crippen LogP contribution in [0.25, 0.3) is 0 Å². The molecule has 1 unspecified atom stereocenters. The molecular formula is C20H28N2O3S. The van der Waals surface area contributed by atoms with E-state index in [1.165, 1.54) is 4.90 Å². The average Bonchev–Trinajstić information content (AvgIpc) is 2.59. The summed E-state index contributed by atoms with van der Waals surface area (Å²) in [5.74, 6) is 0.682. The van der Waals surface area contributed by atoms with Gasteiger partial charge in [-0.15, -0.1) is 11.8 Å². The van der Waals surface area contributed by atoms with Crippen LogP contribution in [0.15, 0.2) is 40.4 Å². The first-order chi connectivity index (χ1) is 12.5. The summed E-state index contributed by atoms with van der Waals surface area (Å²) in [6.07, 6.45) is 2.35. The zero-order chi connectivity index (χ0) is 19.1. The number of rotatable bonds is 8. The SMILES string of the molecule is CCCSc1ccc(C2NC(=O)NC(CCC)=C2C(=O)OC(C)C)cc1. The molecule has 1 aliphatic rings. The lowest BCUT2D eigenvalue weighted by Crippen LogP contribution is -2.46. The van der Waals surface area contributed by atoms with Gasteiger partial charge in [-0.3, -0.25) is 0 Å². The molecule has 0 bridgehead atoms. The second kappa shape index (κ2) is 9.67. The highest BCUT2D eigenvalue weighted by molar-refractivity contribution is 7.99.